The van der Waals surface area contributed by atoms with Crippen molar-refractivity contribution < 1.29 is 14.8 Å². The van der Waals surface area contributed by atoms with Crippen molar-refractivity contribution in [1.82, 2.24) is 0 Å². The third-order valence-corrected chi connectivity index (χ3v) is 3.13. The molecule has 0 saturated heterocycles. The maximum atomic E-state index is 9.73. The Labute approximate surface area is 92.0 Å². The minimum absolute atomic E-state index is 0.0565. The van der Waals surface area contributed by atoms with Crippen LogP contribution in [0.2, 0.25) is 0 Å². The maximum absolute atomic E-state index is 9.73. The molecule has 0 spiro atoms. The van der Waals surface area contributed by atoms with E-state index in [9.17, 15) is 10.2 Å². The molecule has 2 aromatic rings. The largest absolute Gasteiger partial charge is 0.504 e. The highest BCUT2D eigenvalue weighted by atomic mass is 32.2. The topological polar surface area (TPSA) is 44.3 Å². The van der Waals surface area contributed by atoms with E-state index in [0.717, 1.165) is 10.3 Å². The summed E-state index contributed by atoms with van der Waals surface area (Å²) < 4.78 is 1.84. The number of hydrogen-bond donors (Lipinski definition) is 2. The Bertz CT molecular complexity index is 525. The summed E-state index contributed by atoms with van der Waals surface area (Å²) in [6.45, 7) is 0. The lowest BCUT2D eigenvalue weighted by molar-refractivity contribution is -0.670. The highest BCUT2D eigenvalue weighted by Gasteiger charge is 2.12. The van der Waals surface area contributed by atoms with Crippen molar-refractivity contribution in [3.63, 3.8) is 0 Å². The third kappa shape index (κ3) is 1.61. The number of aromatic nitrogens is 1. The SMILES string of the molecule is CSc1cc(O)c(O)c2c[n+](C)ccc12. The number of hydrogen-bond acceptors (Lipinski definition) is 3. The minimum Gasteiger partial charge on any atom is -0.504 e. The Kier molecular flexibility index (Phi) is 2.44. The summed E-state index contributed by atoms with van der Waals surface area (Å²) in [5.74, 6) is -0.128. The third-order valence-electron chi connectivity index (χ3n) is 2.35. The van der Waals surface area contributed by atoms with E-state index in [2.05, 4.69) is 0 Å². The van der Waals surface area contributed by atoms with Crippen LogP contribution in [-0.2, 0) is 7.05 Å². The zero-order valence-electron chi connectivity index (χ0n) is 8.56. The van der Waals surface area contributed by atoms with Crippen LogP contribution in [0.4, 0.5) is 0 Å². The van der Waals surface area contributed by atoms with Gasteiger partial charge in [-0.3, -0.25) is 0 Å². The van der Waals surface area contributed by atoms with E-state index in [4.69, 9.17) is 0 Å². The van der Waals surface area contributed by atoms with Crippen LogP contribution in [0.1, 0.15) is 0 Å². The summed E-state index contributed by atoms with van der Waals surface area (Å²) in [7, 11) is 1.88. The normalized spacial score (nSPS) is 10.8. The first-order valence-corrected chi connectivity index (χ1v) is 5.74. The van der Waals surface area contributed by atoms with Crippen LogP contribution >= 0.6 is 11.8 Å². The lowest BCUT2D eigenvalue weighted by Gasteiger charge is -2.06. The molecule has 15 heavy (non-hydrogen) atoms. The standard InChI is InChI=1S/C11H11NO2S/c1-12-4-3-7-8(6-12)11(14)9(13)5-10(7)15-2/h3-6,13H,1-2H3/p+1. The first kappa shape index (κ1) is 10.1. The Morgan fingerprint density at radius 3 is 2.67 bits per heavy atom. The van der Waals surface area contributed by atoms with Crippen LogP contribution in [0.25, 0.3) is 10.8 Å². The maximum Gasteiger partial charge on any atom is 0.180 e. The Morgan fingerprint density at radius 2 is 2.00 bits per heavy atom. The van der Waals surface area contributed by atoms with E-state index in [1.165, 1.54) is 0 Å². The van der Waals surface area contributed by atoms with Gasteiger partial charge < -0.3 is 10.2 Å². The average Bonchev–Trinajstić information content (AvgIpc) is 2.23. The van der Waals surface area contributed by atoms with Gasteiger partial charge in [-0.1, -0.05) is 0 Å². The molecule has 1 aromatic carbocycles. The predicted molar refractivity (Wildman–Crippen MR) is 60.2 cm³/mol. The van der Waals surface area contributed by atoms with E-state index in [-0.39, 0.29) is 11.5 Å². The van der Waals surface area contributed by atoms with Crippen molar-refractivity contribution in [3.8, 4) is 11.5 Å². The number of benzene rings is 1. The molecule has 4 heteroatoms. The average molecular weight is 222 g/mol. The van der Waals surface area contributed by atoms with Crippen molar-refractivity contribution in [1.29, 1.82) is 0 Å². The fourth-order valence-electron chi connectivity index (χ4n) is 1.58. The van der Waals surface area contributed by atoms with Crippen LogP contribution in [0.5, 0.6) is 11.5 Å². The highest BCUT2D eigenvalue weighted by Crippen LogP contribution is 2.38. The molecule has 0 fully saturated rings. The zero-order valence-corrected chi connectivity index (χ0v) is 9.38. The van der Waals surface area contributed by atoms with Gasteiger partial charge in [-0.25, -0.2) is 4.57 Å². The summed E-state index contributed by atoms with van der Waals surface area (Å²) in [5.41, 5.74) is 0. The van der Waals surface area contributed by atoms with E-state index in [1.54, 1.807) is 24.0 Å². The summed E-state index contributed by atoms with van der Waals surface area (Å²) >= 11 is 1.55. The summed E-state index contributed by atoms with van der Waals surface area (Å²) in [6.07, 6.45) is 5.65. The quantitative estimate of drug-likeness (QED) is 0.439. The van der Waals surface area contributed by atoms with Crippen molar-refractivity contribution in [2.24, 2.45) is 7.05 Å². The number of thioether (sulfide) groups is 1. The van der Waals surface area contributed by atoms with Gasteiger partial charge >= 0.3 is 0 Å². The molecule has 0 amide bonds. The second-order valence-corrected chi connectivity index (χ2v) is 4.23. The Hall–Kier alpha value is -1.42. The molecule has 0 atom stereocenters. The zero-order chi connectivity index (χ0) is 11.0. The number of aromatic hydroxyl groups is 2. The molecule has 0 aliphatic carbocycles. The van der Waals surface area contributed by atoms with Gasteiger partial charge in [-0.05, 0) is 12.3 Å². The molecule has 78 valence electrons. The molecule has 1 aromatic heterocycles. The second kappa shape index (κ2) is 3.62. The molecule has 2 rings (SSSR count). The van der Waals surface area contributed by atoms with Crippen molar-refractivity contribution in [3.05, 3.63) is 24.5 Å². The van der Waals surface area contributed by atoms with Crippen molar-refractivity contribution in [2.45, 2.75) is 4.90 Å². The number of fused-ring (bicyclic) bond motifs is 1. The number of nitrogens with zero attached hydrogens (tertiary/aromatic N) is 1. The van der Waals surface area contributed by atoms with Gasteiger partial charge in [-0.2, -0.15) is 0 Å². The fraction of sp³-hybridized carbons (Fsp3) is 0.182. The smallest absolute Gasteiger partial charge is 0.180 e. The first-order chi connectivity index (χ1) is 7.13. The molecular formula is C11H12NO2S+. The Morgan fingerprint density at radius 1 is 1.27 bits per heavy atom. The van der Waals surface area contributed by atoms with Crippen LogP contribution in [-0.4, -0.2) is 16.5 Å². The van der Waals surface area contributed by atoms with E-state index >= 15 is 0 Å². The van der Waals surface area contributed by atoms with Crippen molar-refractivity contribution in [2.75, 3.05) is 6.26 Å². The molecule has 2 N–H and O–H groups in total. The van der Waals surface area contributed by atoms with Crippen LogP contribution in [0.3, 0.4) is 0 Å². The number of rotatable bonds is 1. The molecular weight excluding hydrogens is 210 g/mol. The number of phenolic OH excluding ortho intramolecular Hbond substituents is 2. The van der Waals surface area contributed by atoms with Gasteiger partial charge in [0.05, 0.1) is 5.39 Å². The molecule has 0 unspecified atom stereocenters. The first-order valence-electron chi connectivity index (χ1n) is 4.51. The van der Waals surface area contributed by atoms with Gasteiger partial charge in [0.1, 0.15) is 7.05 Å². The number of pyridine rings is 1. The number of phenols is 2. The monoisotopic (exact) mass is 222 g/mol. The van der Waals surface area contributed by atoms with E-state index in [1.807, 2.05) is 30.1 Å². The summed E-state index contributed by atoms with van der Waals surface area (Å²) in [6, 6.07) is 3.52. The lowest BCUT2D eigenvalue weighted by atomic mass is 10.1. The van der Waals surface area contributed by atoms with Gasteiger partial charge in [0.2, 0.25) is 0 Å². The van der Waals surface area contributed by atoms with Gasteiger partial charge in [0.15, 0.2) is 23.9 Å². The molecule has 0 bridgehead atoms. The molecule has 0 radical (unpaired) electrons. The molecule has 1 heterocycles. The lowest BCUT2D eigenvalue weighted by Crippen LogP contribution is -2.25. The van der Waals surface area contributed by atoms with Crippen LogP contribution in [0, 0.1) is 0 Å². The minimum atomic E-state index is -0.0713. The summed E-state index contributed by atoms with van der Waals surface area (Å²) in [4.78, 5) is 0.959. The van der Waals surface area contributed by atoms with E-state index in [0.29, 0.717) is 5.39 Å². The van der Waals surface area contributed by atoms with Crippen LogP contribution < -0.4 is 4.57 Å². The highest BCUT2D eigenvalue weighted by molar-refractivity contribution is 7.98. The van der Waals surface area contributed by atoms with Gasteiger partial charge in [-0.15, -0.1) is 11.8 Å². The van der Waals surface area contributed by atoms with E-state index < -0.39 is 0 Å². The predicted octanol–water partition coefficient (Wildman–Crippen LogP) is 1.80. The Balaban J connectivity index is 2.90. The second-order valence-electron chi connectivity index (χ2n) is 3.38. The molecule has 0 aliphatic rings. The molecule has 0 aliphatic heterocycles. The molecule has 3 nitrogen and oxygen atoms in total. The summed E-state index contributed by atoms with van der Waals surface area (Å²) in [5, 5.41) is 20.9. The molecule has 0 saturated carbocycles. The number of aryl methyl sites for hydroxylation is 1. The van der Waals surface area contributed by atoms with Gasteiger partial charge in [0.25, 0.3) is 0 Å². The fourth-order valence-corrected chi connectivity index (χ4v) is 2.21. The van der Waals surface area contributed by atoms with Crippen molar-refractivity contribution >= 4 is 22.5 Å². The van der Waals surface area contributed by atoms with Gasteiger partial charge in [0, 0.05) is 16.3 Å². The van der Waals surface area contributed by atoms with Crippen LogP contribution in [0.15, 0.2) is 29.4 Å².